The molecule has 0 spiro atoms. The second-order valence-corrected chi connectivity index (χ2v) is 13.0. The molecule has 37 heavy (non-hydrogen) atoms. The van der Waals surface area contributed by atoms with Crippen molar-refractivity contribution in [1.29, 1.82) is 0 Å². The third-order valence-corrected chi connectivity index (χ3v) is 9.35. The van der Waals surface area contributed by atoms with Crippen LogP contribution in [0.4, 0.5) is 8.78 Å². The molecule has 0 saturated carbocycles. The fraction of sp³-hybridized carbons (Fsp3) is 0.250. The van der Waals surface area contributed by atoms with Gasteiger partial charge in [0.05, 0.1) is 22.9 Å². The summed E-state index contributed by atoms with van der Waals surface area (Å²) in [5.74, 6) is 0. The van der Waals surface area contributed by atoms with E-state index in [1.807, 2.05) is 0 Å². The van der Waals surface area contributed by atoms with Gasteiger partial charge in [-0.25, -0.2) is 8.42 Å². The second kappa shape index (κ2) is 13.7. The van der Waals surface area contributed by atoms with Crippen LogP contribution >= 0.6 is 11.6 Å². The number of ether oxygens (including phenoxy) is 1. The third kappa shape index (κ3) is 9.02. The minimum absolute atomic E-state index is 0.0146. The van der Waals surface area contributed by atoms with Gasteiger partial charge in [-0.05, 0) is 42.8 Å². The zero-order chi connectivity index (χ0) is 27.7. The summed E-state index contributed by atoms with van der Waals surface area (Å²) in [5, 5.41) is -6.22. The van der Waals surface area contributed by atoms with Crippen molar-refractivity contribution in [3.05, 3.63) is 91.0 Å². The summed E-state index contributed by atoms with van der Waals surface area (Å²) < 4.78 is 90.7. The first-order chi connectivity index (χ1) is 17.3. The number of alkyl halides is 3. The van der Waals surface area contributed by atoms with Gasteiger partial charge in [-0.15, -0.1) is 11.6 Å². The van der Waals surface area contributed by atoms with Crippen molar-refractivity contribution in [3.63, 3.8) is 0 Å². The van der Waals surface area contributed by atoms with E-state index in [0.717, 1.165) is 0 Å². The molecule has 2 atom stereocenters. The fourth-order valence-corrected chi connectivity index (χ4v) is 6.66. The smallest absolute Gasteiger partial charge is 0.376 e. The number of hydrogen-bond acceptors (Lipinski definition) is 6. The van der Waals surface area contributed by atoms with Crippen LogP contribution in [0.15, 0.2) is 106 Å². The lowest BCUT2D eigenvalue weighted by Gasteiger charge is -2.27. The van der Waals surface area contributed by atoms with Crippen molar-refractivity contribution < 1.29 is 39.5 Å². The summed E-state index contributed by atoms with van der Waals surface area (Å²) in [6.07, 6.45) is 0.204. The van der Waals surface area contributed by atoms with Crippen molar-refractivity contribution in [2.45, 2.75) is 44.1 Å². The average molecular weight is 595 g/mol. The Kier molecular flexibility index (Phi) is 11.5. The molecule has 7 nitrogen and oxygen atoms in total. The average Bonchev–Trinajstić information content (AvgIpc) is 2.85. The van der Waals surface area contributed by atoms with Crippen LogP contribution in [-0.4, -0.2) is 48.6 Å². The van der Waals surface area contributed by atoms with Crippen LogP contribution < -0.4 is 0 Å². The van der Waals surface area contributed by atoms with E-state index in [1.54, 1.807) is 0 Å². The second-order valence-electron chi connectivity index (χ2n) is 7.45. The topological polar surface area (TPSA) is 121 Å². The molecule has 0 bridgehead atoms. The standard InChI is InChI=1S/C18H15S.C6H11ClF2O7S2/c1-4-10-16(11-5-1)19(17-12-6-2-7-13-17)18-14-8-3-9-15-18;1-2-4(7)3-16-5(17(10,11)12)6(8,9)18(13,14)15/h1-15H;4-5H,2-3H2,1H3,(H,10,11,12)(H,13,14,15)/q+1;/p-1. The van der Waals surface area contributed by atoms with Crippen LogP contribution in [0.25, 0.3) is 0 Å². The van der Waals surface area contributed by atoms with Crippen LogP contribution in [0.2, 0.25) is 0 Å². The van der Waals surface area contributed by atoms with Gasteiger partial charge in [-0.2, -0.15) is 17.2 Å². The lowest BCUT2D eigenvalue weighted by Crippen LogP contribution is -2.48. The van der Waals surface area contributed by atoms with Gasteiger partial charge >= 0.3 is 5.25 Å². The van der Waals surface area contributed by atoms with E-state index in [-0.39, 0.29) is 17.3 Å². The normalized spacial score (nSPS) is 13.9. The lowest BCUT2D eigenvalue weighted by atomic mass is 10.3. The first-order valence-corrected chi connectivity index (χ1v) is 15.3. The van der Waals surface area contributed by atoms with Gasteiger partial charge in [0.25, 0.3) is 15.6 Å². The molecule has 3 aromatic carbocycles. The van der Waals surface area contributed by atoms with Gasteiger partial charge in [-0.1, -0.05) is 61.5 Å². The van der Waals surface area contributed by atoms with E-state index >= 15 is 0 Å². The minimum Gasteiger partial charge on any atom is -0.743 e. The van der Waals surface area contributed by atoms with Gasteiger partial charge < -0.3 is 9.29 Å². The molecule has 0 aliphatic carbocycles. The highest BCUT2D eigenvalue weighted by Crippen LogP contribution is 2.31. The maximum absolute atomic E-state index is 13.0. The fourth-order valence-electron chi connectivity index (χ4n) is 2.86. The van der Waals surface area contributed by atoms with Crippen molar-refractivity contribution in [2.75, 3.05) is 6.61 Å². The molecule has 0 heterocycles. The highest BCUT2D eigenvalue weighted by atomic mass is 35.5. The van der Waals surface area contributed by atoms with Crippen LogP contribution in [-0.2, 0) is 35.9 Å². The van der Waals surface area contributed by atoms with E-state index in [1.165, 1.54) is 21.6 Å². The zero-order valence-corrected chi connectivity index (χ0v) is 22.7. The van der Waals surface area contributed by atoms with Crippen molar-refractivity contribution in [3.8, 4) is 0 Å². The molecular formula is C24H25ClF2O7S3. The molecule has 0 fully saturated rings. The summed E-state index contributed by atoms with van der Waals surface area (Å²) in [7, 11) is -12.0. The number of rotatable bonds is 10. The number of hydrogen-bond donors (Lipinski definition) is 1. The number of halogens is 3. The lowest BCUT2D eigenvalue weighted by molar-refractivity contribution is -0.0493. The van der Waals surface area contributed by atoms with E-state index in [2.05, 4.69) is 95.7 Å². The van der Waals surface area contributed by atoms with Gasteiger partial charge in [0.2, 0.25) is 0 Å². The molecule has 0 aliphatic rings. The Bertz CT molecular complexity index is 1220. The van der Waals surface area contributed by atoms with E-state index in [4.69, 9.17) is 16.2 Å². The Morgan fingerprint density at radius 3 is 1.49 bits per heavy atom. The Morgan fingerprint density at radius 2 is 1.22 bits per heavy atom. The molecule has 3 aromatic rings. The summed E-state index contributed by atoms with van der Waals surface area (Å²) >= 11 is 5.45. The SMILES string of the molecule is CCC(Cl)COC(C(F)(F)S(=O)(=O)[O-])S(=O)(=O)O.c1ccc([S+](c2ccccc2)c2ccccc2)cc1. The monoisotopic (exact) mass is 594 g/mol. The molecule has 0 aliphatic heterocycles. The van der Waals surface area contributed by atoms with Gasteiger partial charge in [0, 0.05) is 0 Å². The minimum atomic E-state index is -6.33. The molecule has 0 amide bonds. The maximum atomic E-state index is 13.0. The molecule has 0 saturated heterocycles. The largest absolute Gasteiger partial charge is 0.743 e. The summed E-state index contributed by atoms with van der Waals surface area (Å²) in [5.41, 5.74) is -3.51. The Balaban J connectivity index is 0.000000261. The quantitative estimate of drug-likeness (QED) is 0.196. The van der Waals surface area contributed by atoms with E-state index in [0.29, 0.717) is 0 Å². The van der Waals surface area contributed by atoms with Crippen molar-refractivity contribution in [2.24, 2.45) is 0 Å². The van der Waals surface area contributed by atoms with E-state index in [9.17, 15) is 30.2 Å². The van der Waals surface area contributed by atoms with Gasteiger partial charge in [0.1, 0.15) is 0 Å². The van der Waals surface area contributed by atoms with E-state index < -0.39 is 42.9 Å². The summed E-state index contributed by atoms with van der Waals surface area (Å²) in [6.45, 7) is 0.736. The molecule has 1 N–H and O–H groups in total. The molecule has 3 rings (SSSR count). The predicted molar refractivity (Wildman–Crippen MR) is 137 cm³/mol. The molecule has 0 aromatic heterocycles. The van der Waals surface area contributed by atoms with Gasteiger partial charge in [-0.3, -0.25) is 4.55 Å². The van der Waals surface area contributed by atoms with Crippen LogP contribution in [0.1, 0.15) is 13.3 Å². The molecule has 0 radical (unpaired) electrons. The highest BCUT2D eigenvalue weighted by molar-refractivity contribution is 7.97. The highest BCUT2D eigenvalue weighted by Gasteiger charge is 2.54. The van der Waals surface area contributed by atoms with Crippen LogP contribution in [0.3, 0.4) is 0 Å². The maximum Gasteiger partial charge on any atom is 0.376 e. The summed E-state index contributed by atoms with van der Waals surface area (Å²) in [4.78, 5) is 4.08. The molecular weight excluding hydrogens is 570 g/mol. The molecule has 202 valence electrons. The Morgan fingerprint density at radius 1 is 0.865 bits per heavy atom. The summed E-state index contributed by atoms with van der Waals surface area (Å²) in [6, 6.07) is 32.2. The third-order valence-electron chi connectivity index (χ3n) is 4.69. The van der Waals surface area contributed by atoms with Crippen molar-refractivity contribution >= 4 is 42.7 Å². The van der Waals surface area contributed by atoms with Gasteiger partial charge in [0.15, 0.2) is 24.8 Å². The molecule has 2 unspecified atom stereocenters. The van der Waals surface area contributed by atoms with Crippen LogP contribution in [0, 0.1) is 0 Å². The molecule has 13 heteroatoms. The first-order valence-electron chi connectivity index (χ1n) is 10.7. The van der Waals surface area contributed by atoms with Crippen molar-refractivity contribution in [1.82, 2.24) is 0 Å². The zero-order valence-electron chi connectivity index (χ0n) is 19.5. The Hall–Kier alpha value is -2.06. The van der Waals surface area contributed by atoms with Crippen LogP contribution in [0.5, 0.6) is 0 Å². The first kappa shape index (κ1) is 31.2. The number of benzene rings is 3. The predicted octanol–water partition coefficient (Wildman–Crippen LogP) is 5.15. The Labute approximate surface area is 223 Å².